The molecule has 0 N–H and O–H groups in total. The Kier molecular flexibility index (Phi) is 4.31. The first kappa shape index (κ1) is 15.8. The maximum absolute atomic E-state index is 13.6. The number of carbonyl (C=O) groups excluding carboxylic acids is 1. The smallest absolute Gasteiger partial charge is 0.357 e. The normalized spacial score (nSPS) is 11.0. The molecule has 2 aromatic rings. The van der Waals surface area contributed by atoms with Crippen LogP contribution < -0.4 is 9.08 Å². The molecular weight excluding hydrogens is 320 g/mol. The van der Waals surface area contributed by atoms with Crippen molar-refractivity contribution in [3.8, 4) is 5.75 Å². The molecule has 0 saturated carbocycles. The fourth-order valence-corrected chi connectivity index (χ4v) is 1.93. The molecule has 0 aromatic carbocycles. The van der Waals surface area contributed by atoms with Crippen LogP contribution in [0.2, 0.25) is 0 Å². The number of pyridine rings is 2. The lowest BCUT2D eigenvalue weighted by Crippen LogP contribution is -2.28. The molecule has 0 fully saturated rings. The molecule has 10 heteroatoms. The molecule has 0 aliphatic rings. The third-order valence-electron chi connectivity index (χ3n) is 2.52. The molecule has 2 rings (SSSR count). The maximum Gasteiger partial charge on any atom is 0.488 e. The fourth-order valence-electron chi connectivity index (χ4n) is 1.61. The molecule has 0 atom stereocenters. The standard InChI is InChI=1S/C12H9F2N3O4S/c1-17(11-10(13)3-2-4-16-11)12(18)8-5-9(7-15-6-8)21-22(14,19)20/h2-7H,1H3. The van der Waals surface area contributed by atoms with Crippen LogP contribution in [0.3, 0.4) is 0 Å². The predicted octanol–water partition coefficient (Wildman–Crippen LogP) is 1.49. The first-order valence-corrected chi connectivity index (χ1v) is 7.06. The van der Waals surface area contributed by atoms with E-state index in [1.807, 2.05) is 0 Å². The number of rotatable bonds is 4. The molecule has 2 heterocycles. The summed E-state index contributed by atoms with van der Waals surface area (Å²) in [6, 6.07) is 3.45. The van der Waals surface area contributed by atoms with Crippen molar-refractivity contribution in [1.29, 1.82) is 0 Å². The van der Waals surface area contributed by atoms with Gasteiger partial charge >= 0.3 is 10.5 Å². The van der Waals surface area contributed by atoms with Gasteiger partial charge in [-0.3, -0.25) is 14.7 Å². The van der Waals surface area contributed by atoms with Crippen molar-refractivity contribution in [3.63, 3.8) is 0 Å². The quantitative estimate of drug-likeness (QED) is 0.790. The number of hydrogen-bond acceptors (Lipinski definition) is 6. The highest BCUT2D eigenvalue weighted by Gasteiger charge is 2.19. The first-order valence-electron chi connectivity index (χ1n) is 5.75. The maximum atomic E-state index is 13.6. The Labute approximate surface area is 124 Å². The van der Waals surface area contributed by atoms with Crippen molar-refractivity contribution in [2.75, 3.05) is 11.9 Å². The minimum Gasteiger partial charge on any atom is -0.357 e. The van der Waals surface area contributed by atoms with Gasteiger partial charge in [0.1, 0.15) is 0 Å². The topological polar surface area (TPSA) is 89.5 Å². The van der Waals surface area contributed by atoms with E-state index < -0.39 is 28.0 Å². The number of halogens is 2. The van der Waals surface area contributed by atoms with Crippen LogP contribution in [0, 0.1) is 5.82 Å². The number of amides is 1. The van der Waals surface area contributed by atoms with E-state index in [4.69, 9.17) is 0 Å². The molecular formula is C12H9F2N3O4S. The monoisotopic (exact) mass is 329 g/mol. The Balaban J connectivity index is 2.30. The fraction of sp³-hybridized carbons (Fsp3) is 0.0833. The SMILES string of the molecule is CN(C(=O)c1cncc(OS(=O)(=O)F)c1)c1ncccc1F. The van der Waals surface area contributed by atoms with Crippen molar-refractivity contribution in [1.82, 2.24) is 9.97 Å². The summed E-state index contributed by atoms with van der Waals surface area (Å²) in [7, 11) is -3.97. The van der Waals surface area contributed by atoms with Crippen LogP contribution in [0.4, 0.5) is 14.1 Å². The van der Waals surface area contributed by atoms with Crippen LogP contribution in [0.25, 0.3) is 0 Å². The minimum absolute atomic E-state index is 0.131. The van der Waals surface area contributed by atoms with Crippen LogP contribution in [0.5, 0.6) is 5.75 Å². The van der Waals surface area contributed by atoms with Gasteiger partial charge in [0.25, 0.3) is 5.91 Å². The Morgan fingerprint density at radius 3 is 2.73 bits per heavy atom. The van der Waals surface area contributed by atoms with E-state index in [1.54, 1.807) is 0 Å². The summed E-state index contributed by atoms with van der Waals surface area (Å²) in [5.41, 5.74) is -0.131. The molecule has 0 aliphatic heterocycles. The molecule has 0 radical (unpaired) electrons. The molecule has 0 unspecified atom stereocenters. The molecule has 22 heavy (non-hydrogen) atoms. The molecule has 0 bridgehead atoms. The second kappa shape index (κ2) is 6.02. The zero-order valence-electron chi connectivity index (χ0n) is 11.1. The van der Waals surface area contributed by atoms with E-state index in [1.165, 1.54) is 19.3 Å². The van der Waals surface area contributed by atoms with E-state index >= 15 is 0 Å². The Hall–Kier alpha value is -2.62. The number of anilines is 1. The second-order valence-electron chi connectivity index (χ2n) is 4.06. The van der Waals surface area contributed by atoms with Gasteiger partial charge in [-0.1, -0.05) is 3.89 Å². The number of carbonyl (C=O) groups is 1. The highest BCUT2D eigenvalue weighted by Crippen LogP contribution is 2.19. The molecule has 0 saturated heterocycles. The average molecular weight is 329 g/mol. The van der Waals surface area contributed by atoms with Gasteiger partial charge in [-0.05, 0) is 18.2 Å². The van der Waals surface area contributed by atoms with Gasteiger partial charge in [0.05, 0.1) is 11.8 Å². The average Bonchev–Trinajstić information content (AvgIpc) is 2.45. The molecule has 1 amide bonds. The van der Waals surface area contributed by atoms with Crippen molar-refractivity contribution < 1.29 is 25.7 Å². The van der Waals surface area contributed by atoms with E-state index in [0.717, 1.165) is 29.4 Å². The molecule has 2 aromatic heterocycles. The van der Waals surface area contributed by atoms with Crippen LogP contribution in [-0.4, -0.2) is 31.3 Å². The molecule has 7 nitrogen and oxygen atoms in total. The van der Waals surface area contributed by atoms with E-state index in [0.29, 0.717) is 0 Å². The van der Waals surface area contributed by atoms with Crippen molar-refractivity contribution >= 4 is 22.2 Å². The third kappa shape index (κ3) is 3.73. The summed E-state index contributed by atoms with van der Waals surface area (Å²) in [4.78, 5) is 20.4. The van der Waals surface area contributed by atoms with Crippen molar-refractivity contribution in [2.24, 2.45) is 0 Å². The zero-order valence-corrected chi connectivity index (χ0v) is 11.9. The zero-order chi connectivity index (χ0) is 16.3. The van der Waals surface area contributed by atoms with E-state index in [9.17, 15) is 21.5 Å². The summed E-state index contributed by atoms with van der Waals surface area (Å²) in [6.07, 6.45) is 3.31. The second-order valence-corrected chi connectivity index (χ2v) is 5.01. The van der Waals surface area contributed by atoms with Gasteiger partial charge in [-0.25, -0.2) is 9.37 Å². The van der Waals surface area contributed by atoms with Gasteiger partial charge in [0, 0.05) is 19.4 Å². The van der Waals surface area contributed by atoms with Gasteiger partial charge in [-0.2, -0.15) is 8.42 Å². The Bertz CT molecular complexity index is 814. The van der Waals surface area contributed by atoms with E-state index in [-0.39, 0.29) is 11.4 Å². The van der Waals surface area contributed by atoms with Crippen LogP contribution >= 0.6 is 0 Å². The van der Waals surface area contributed by atoms with Crippen LogP contribution in [-0.2, 0) is 10.5 Å². The largest absolute Gasteiger partial charge is 0.488 e. The lowest BCUT2D eigenvalue weighted by Gasteiger charge is -2.16. The minimum atomic E-state index is -5.24. The lowest BCUT2D eigenvalue weighted by molar-refractivity contribution is 0.0990. The number of nitrogens with zero attached hydrogens (tertiary/aromatic N) is 3. The summed E-state index contributed by atoms with van der Waals surface area (Å²) < 4.78 is 50.8. The van der Waals surface area contributed by atoms with Crippen molar-refractivity contribution in [3.05, 3.63) is 48.2 Å². The summed E-state index contributed by atoms with van der Waals surface area (Å²) in [5, 5.41) is 0. The highest BCUT2D eigenvalue weighted by atomic mass is 32.3. The van der Waals surface area contributed by atoms with E-state index in [2.05, 4.69) is 14.2 Å². The number of hydrogen-bond donors (Lipinski definition) is 0. The first-order chi connectivity index (χ1) is 10.3. The molecule has 116 valence electrons. The van der Waals surface area contributed by atoms with Gasteiger partial charge < -0.3 is 4.18 Å². The van der Waals surface area contributed by atoms with Gasteiger partial charge in [0.15, 0.2) is 17.4 Å². The summed E-state index contributed by atoms with van der Waals surface area (Å²) >= 11 is 0. The Morgan fingerprint density at radius 2 is 2.09 bits per heavy atom. The predicted molar refractivity (Wildman–Crippen MR) is 71.8 cm³/mol. The van der Waals surface area contributed by atoms with Crippen LogP contribution in [0.1, 0.15) is 10.4 Å². The van der Waals surface area contributed by atoms with Crippen molar-refractivity contribution in [2.45, 2.75) is 0 Å². The number of aromatic nitrogens is 2. The molecule has 0 aliphatic carbocycles. The molecule has 0 spiro atoms. The Morgan fingerprint density at radius 1 is 1.36 bits per heavy atom. The van der Waals surface area contributed by atoms with Gasteiger partial charge in [-0.15, -0.1) is 0 Å². The van der Waals surface area contributed by atoms with Crippen LogP contribution in [0.15, 0.2) is 36.8 Å². The highest BCUT2D eigenvalue weighted by molar-refractivity contribution is 7.81. The van der Waals surface area contributed by atoms with Gasteiger partial charge in [0.2, 0.25) is 0 Å². The summed E-state index contributed by atoms with van der Waals surface area (Å²) in [5.74, 6) is -2.16. The lowest BCUT2D eigenvalue weighted by atomic mass is 10.2. The third-order valence-corrected chi connectivity index (χ3v) is 2.91. The summed E-state index contributed by atoms with van der Waals surface area (Å²) in [6.45, 7) is 0.